The summed E-state index contributed by atoms with van der Waals surface area (Å²) in [7, 11) is 0. The molecule has 0 spiro atoms. The number of halogens is 1. The molecule has 0 aromatic heterocycles. The molecule has 1 heterocycles. The van der Waals surface area contributed by atoms with E-state index >= 15 is 0 Å². The van der Waals surface area contributed by atoms with Crippen LogP contribution in [-0.2, 0) is 0 Å². The number of carbonyl (C=O) groups excluding carboxylic acids is 1. The Morgan fingerprint density at radius 3 is 2.59 bits per heavy atom. The third kappa shape index (κ3) is 4.22. The van der Waals surface area contributed by atoms with Crippen molar-refractivity contribution in [2.24, 2.45) is 0 Å². The summed E-state index contributed by atoms with van der Waals surface area (Å²) >= 11 is 6.24. The molecule has 1 aliphatic heterocycles. The first-order valence-corrected chi connectivity index (χ1v) is 9.37. The summed E-state index contributed by atoms with van der Waals surface area (Å²) in [4.78, 5) is 25.7. The predicted molar refractivity (Wildman–Crippen MR) is 108 cm³/mol. The van der Waals surface area contributed by atoms with Crippen LogP contribution in [-0.4, -0.2) is 23.4 Å². The zero-order valence-corrected chi connectivity index (χ0v) is 16.1. The first-order chi connectivity index (χ1) is 12.9. The normalized spacial score (nSPS) is 16.9. The van der Waals surface area contributed by atoms with Gasteiger partial charge in [0.1, 0.15) is 5.69 Å². The molecule has 1 N–H and O–H groups in total. The Hall–Kier alpha value is -2.60. The summed E-state index contributed by atoms with van der Waals surface area (Å²) in [5, 5.41) is 14.5. The number of nitro groups is 1. The highest BCUT2D eigenvalue weighted by molar-refractivity contribution is 6.34. The number of nitro benzene ring substituents is 1. The quantitative estimate of drug-likeness (QED) is 0.578. The molecule has 1 fully saturated rings. The van der Waals surface area contributed by atoms with Crippen molar-refractivity contribution in [2.75, 3.05) is 16.8 Å². The smallest absolute Gasteiger partial charge is 0.294 e. The maximum atomic E-state index is 12.5. The summed E-state index contributed by atoms with van der Waals surface area (Å²) in [6.45, 7) is 4.75. The van der Waals surface area contributed by atoms with Gasteiger partial charge in [-0.1, -0.05) is 29.3 Å². The van der Waals surface area contributed by atoms with Crippen molar-refractivity contribution in [3.05, 3.63) is 62.7 Å². The summed E-state index contributed by atoms with van der Waals surface area (Å²) < 4.78 is 0. The lowest BCUT2D eigenvalue weighted by molar-refractivity contribution is -0.384. The number of aryl methyl sites for hydroxylation is 1. The molecule has 0 bridgehead atoms. The minimum atomic E-state index is -0.423. The third-order valence-electron chi connectivity index (χ3n) is 4.94. The molecule has 2 aromatic carbocycles. The van der Waals surface area contributed by atoms with E-state index in [0.29, 0.717) is 16.9 Å². The highest BCUT2D eigenvalue weighted by Crippen LogP contribution is 2.39. The Balaban J connectivity index is 1.95. The van der Waals surface area contributed by atoms with Crippen LogP contribution in [0.5, 0.6) is 0 Å². The molecular weight excluding hydrogens is 366 g/mol. The number of hydrogen-bond acceptors (Lipinski definition) is 4. The second-order valence-electron chi connectivity index (χ2n) is 6.94. The summed E-state index contributed by atoms with van der Waals surface area (Å²) in [5.74, 6) is -0.302. The lowest BCUT2D eigenvalue weighted by atomic mass is 10.0. The van der Waals surface area contributed by atoms with Gasteiger partial charge in [-0.15, -0.1) is 0 Å². The number of nitrogens with zero attached hydrogens (tertiary/aromatic N) is 2. The van der Waals surface area contributed by atoms with E-state index in [1.54, 1.807) is 18.2 Å². The number of rotatable bonds is 4. The Bertz CT molecular complexity index is 868. The molecule has 7 heteroatoms. The van der Waals surface area contributed by atoms with E-state index in [0.717, 1.165) is 31.4 Å². The second kappa shape index (κ2) is 7.96. The van der Waals surface area contributed by atoms with Crippen molar-refractivity contribution in [2.45, 2.75) is 39.2 Å². The van der Waals surface area contributed by atoms with Crippen LogP contribution in [0.4, 0.5) is 17.1 Å². The van der Waals surface area contributed by atoms with Crippen molar-refractivity contribution < 1.29 is 9.72 Å². The van der Waals surface area contributed by atoms with Crippen molar-refractivity contribution in [3.63, 3.8) is 0 Å². The number of nitrogens with one attached hydrogen (secondary N) is 1. The monoisotopic (exact) mass is 387 g/mol. The fourth-order valence-corrected chi connectivity index (χ4v) is 3.58. The van der Waals surface area contributed by atoms with Crippen LogP contribution in [0.15, 0.2) is 36.4 Å². The van der Waals surface area contributed by atoms with Crippen LogP contribution in [0.3, 0.4) is 0 Å². The van der Waals surface area contributed by atoms with Crippen LogP contribution in [0.1, 0.15) is 42.1 Å². The van der Waals surface area contributed by atoms with Gasteiger partial charge in [-0.2, -0.15) is 0 Å². The maximum Gasteiger partial charge on any atom is 0.294 e. The molecule has 1 saturated heterocycles. The van der Waals surface area contributed by atoms with Crippen molar-refractivity contribution in [1.82, 2.24) is 0 Å². The molecule has 1 unspecified atom stereocenters. The molecule has 0 radical (unpaired) electrons. The van der Waals surface area contributed by atoms with Gasteiger partial charge in [0.2, 0.25) is 0 Å². The van der Waals surface area contributed by atoms with Gasteiger partial charge in [-0.25, -0.2) is 0 Å². The fraction of sp³-hybridized carbons (Fsp3) is 0.350. The minimum Gasteiger partial charge on any atom is -0.363 e. The number of amides is 1. The SMILES string of the molecule is Cc1ccc(C(=O)Nc2cc(N3CCCCC3C)c([N+](=O)[O-])cc2Cl)cc1. The highest BCUT2D eigenvalue weighted by Gasteiger charge is 2.27. The van der Waals surface area contributed by atoms with E-state index in [2.05, 4.69) is 12.2 Å². The van der Waals surface area contributed by atoms with E-state index in [9.17, 15) is 14.9 Å². The molecule has 27 heavy (non-hydrogen) atoms. The lowest BCUT2D eigenvalue weighted by Gasteiger charge is -2.35. The van der Waals surface area contributed by atoms with Gasteiger partial charge >= 0.3 is 0 Å². The summed E-state index contributed by atoms with van der Waals surface area (Å²) in [6, 6.07) is 10.3. The Morgan fingerprint density at radius 1 is 1.26 bits per heavy atom. The molecule has 1 amide bonds. The predicted octanol–water partition coefficient (Wildman–Crippen LogP) is 5.19. The number of piperidine rings is 1. The van der Waals surface area contributed by atoms with Crippen molar-refractivity contribution >= 4 is 34.6 Å². The molecule has 1 aliphatic rings. The van der Waals surface area contributed by atoms with Gasteiger partial charge in [-0.3, -0.25) is 14.9 Å². The van der Waals surface area contributed by atoms with Crippen LogP contribution in [0, 0.1) is 17.0 Å². The van der Waals surface area contributed by atoms with E-state index in [1.165, 1.54) is 6.07 Å². The minimum absolute atomic E-state index is 0.0397. The molecule has 0 saturated carbocycles. The van der Waals surface area contributed by atoms with Gasteiger partial charge in [0.25, 0.3) is 11.6 Å². The maximum absolute atomic E-state index is 12.5. The molecule has 3 rings (SSSR count). The zero-order chi connectivity index (χ0) is 19.6. The number of anilines is 2. The van der Waals surface area contributed by atoms with E-state index in [1.807, 2.05) is 24.0 Å². The summed E-state index contributed by atoms with van der Waals surface area (Å²) in [5.41, 5.74) is 2.39. The largest absolute Gasteiger partial charge is 0.363 e. The Kier molecular flexibility index (Phi) is 5.65. The van der Waals surface area contributed by atoms with Gasteiger partial charge in [0, 0.05) is 24.2 Å². The zero-order valence-electron chi connectivity index (χ0n) is 15.4. The van der Waals surface area contributed by atoms with Crippen LogP contribution < -0.4 is 10.2 Å². The number of benzene rings is 2. The third-order valence-corrected chi connectivity index (χ3v) is 5.25. The first kappa shape index (κ1) is 19.2. The van der Waals surface area contributed by atoms with E-state index < -0.39 is 4.92 Å². The van der Waals surface area contributed by atoms with Gasteiger partial charge < -0.3 is 10.2 Å². The Labute approximate surface area is 163 Å². The average molecular weight is 388 g/mol. The van der Waals surface area contributed by atoms with Crippen LogP contribution >= 0.6 is 11.6 Å². The van der Waals surface area contributed by atoms with Crippen molar-refractivity contribution in [3.8, 4) is 0 Å². The Morgan fingerprint density at radius 2 is 1.96 bits per heavy atom. The fourth-order valence-electron chi connectivity index (χ4n) is 3.38. The molecule has 2 aromatic rings. The van der Waals surface area contributed by atoms with E-state index in [-0.39, 0.29) is 22.7 Å². The standard InChI is InChI=1S/C20H22ClN3O3/c1-13-6-8-15(9-7-13)20(25)22-17-12-18(19(24(26)27)11-16(17)21)23-10-4-3-5-14(23)2/h6-9,11-12,14H,3-5,10H2,1-2H3,(H,22,25). The van der Waals surface area contributed by atoms with Crippen LogP contribution in [0.25, 0.3) is 0 Å². The number of hydrogen-bond donors (Lipinski definition) is 1. The molecular formula is C20H22ClN3O3. The van der Waals surface area contributed by atoms with Gasteiger partial charge in [0.05, 0.1) is 15.6 Å². The molecule has 1 atom stereocenters. The van der Waals surface area contributed by atoms with E-state index in [4.69, 9.17) is 11.6 Å². The second-order valence-corrected chi connectivity index (χ2v) is 7.34. The van der Waals surface area contributed by atoms with Gasteiger partial charge in [0.15, 0.2) is 0 Å². The topological polar surface area (TPSA) is 75.5 Å². The average Bonchev–Trinajstić information content (AvgIpc) is 2.64. The molecule has 0 aliphatic carbocycles. The lowest BCUT2D eigenvalue weighted by Crippen LogP contribution is -2.37. The molecule has 6 nitrogen and oxygen atoms in total. The number of carbonyl (C=O) groups is 1. The highest BCUT2D eigenvalue weighted by atomic mass is 35.5. The molecule has 142 valence electrons. The van der Waals surface area contributed by atoms with Crippen LogP contribution in [0.2, 0.25) is 5.02 Å². The first-order valence-electron chi connectivity index (χ1n) is 8.99. The van der Waals surface area contributed by atoms with Crippen molar-refractivity contribution in [1.29, 1.82) is 0 Å². The van der Waals surface area contributed by atoms with Gasteiger partial charge in [-0.05, 0) is 51.3 Å². The summed E-state index contributed by atoms with van der Waals surface area (Å²) in [6.07, 6.45) is 3.07.